The van der Waals surface area contributed by atoms with Gasteiger partial charge in [-0.1, -0.05) is 24.3 Å². The number of aromatic nitrogens is 8. The average Bonchev–Trinajstić information content (AvgIpc) is 1.60. The molecule has 13 heterocycles. The number of likely N-dealkylation sites (tertiary alicyclic amines) is 4. The van der Waals surface area contributed by atoms with Crippen LogP contribution in [0.2, 0.25) is 0 Å². The van der Waals surface area contributed by atoms with E-state index in [1.165, 1.54) is 6.20 Å². The van der Waals surface area contributed by atoms with Gasteiger partial charge in [0.25, 0.3) is 35.4 Å². The summed E-state index contributed by atoms with van der Waals surface area (Å²) in [4.78, 5) is 135. The molecule has 19 rings (SSSR count). The van der Waals surface area contributed by atoms with Crippen LogP contribution in [-0.4, -0.2) is 233 Å². The molecule has 7 fully saturated rings. The minimum Gasteiger partial charge on any atom is -0.481 e. The third-order valence-electron chi connectivity index (χ3n) is 26.1. The van der Waals surface area contributed by atoms with E-state index in [9.17, 15) is 79.3 Å². The van der Waals surface area contributed by atoms with E-state index < -0.39 is 67.3 Å². The van der Waals surface area contributed by atoms with E-state index in [2.05, 4.69) is 30.6 Å². The monoisotopic (exact) mass is 1790 g/mol. The lowest BCUT2D eigenvalue weighted by Crippen LogP contribution is -2.43. The number of halogens is 4. The number of piperidine rings is 4. The molecule has 0 spiro atoms. The van der Waals surface area contributed by atoms with E-state index in [1.807, 2.05) is 128 Å². The van der Waals surface area contributed by atoms with Gasteiger partial charge in [0.2, 0.25) is 0 Å². The lowest BCUT2D eigenvalue weighted by Gasteiger charge is -2.34. The lowest BCUT2D eigenvalue weighted by molar-refractivity contribution is -0.141. The summed E-state index contributed by atoms with van der Waals surface area (Å²) in [6, 6.07) is 43.3. The molecule has 2 saturated carbocycles. The Morgan fingerprint density at radius 1 is 0.377 bits per heavy atom. The number of carbonyl (C=O) groups is 9. The Hall–Kier alpha value is -13.5. The summed E-state index contributed by atoms with van der Waals surface area (Å²) in [6.45, 7) is 9.53. The van der Waals surface area contributed by atoms with Crippen LogP contribution in [0.1, 0.15) is 191 Å². The number of sulfone groups is 1. The summed E-state index contributed by atoms with van der Waals surface area (Å²) in [5.41, 5.74) is 3.77. The van der Waals surface area contributed by atoms with E-state index in [0.717, 1.165) is 61.1 Å². The van der Waals surface area contributed by atoms with Crippen LogP contribution >= 0.6 is 0 Å². The first-order chi connectivity index (χ1) is 61.9. The second-order valence-corrected chi connectivity index (χ2v) is 38.4. The number of amides is 6. The number of pyridine rings is 4. The number of rotatable bonds is 17. The van der Waals surface area contributed by atoms with Crippen molar-refractivity contribution in [2.45, 2.75) is 164 Å². The maximum Gasteiger partial charge on any atom is 0.329 e. The van der Waals surface area contributed by atoms with E-state index in [-0.39, 0.29) is 53.5 Å². The quantitative estimate of drug-likeness (QED) is 0.0529. The van der Waals surface area contributed by atoms with Gasteiger partial charge < -0.3 is 63.8 Å². The second kappa shape index (κ2) is 35.9. The van der Waals surface area contributed by atoms with Gasteiger partial charge in [-0.3, -0.25) is 38.4 Å². The zero-order chi connectivity index (χ0) is 92.0. The first kappa shape index (κ1) is 89.9. The summed E-state index contributed by atoms with van der Waals surface area (Å²) in [5, 5.41) is 36.4. The van der Waals surface area contributed by atoms with Crippen LogP contribution in [0.4, 0.5) is 17.6 Å². The molecule has 12 aromatic rings. The van der Waals surface area contributed by atoms with Crippen LogP contribution < -0.4 is 10.6 Å². The van der Waals surface area contributed by atoms with Gasteiger partial charge in [0.1, 0.15) is 60.6 Å². The molecule has 6 amide bonds. The van der Waals surface area contributed by atoms with Crippen LogP contribution in [0.3, 0.4) is 0 Å². The Balaban J connectivity index is 0.000000127. The minimum atomic E-state index is -2.98. The molecule has 0 atom stereocenters. The van der Waals surface area contributed by atoms with Gasteiger partial charge in [0.05, 0.1) is 45.6 Å². The van der Waals surface area contributed by atoms with Crippen molar-refractivity contribution in [1.82, 2.24) is 68.4 Å². The predicted molar refractivity (Wildman–Crippen MR) is 479 cm³/mol. The van der Waals surface area contributed by atoms with Crippen LogP contribution in [0, 0.1) is 0 Å². The van der Waals surface area contributed by atoms with E-state index >= 15 is 0 Å². The number of carboxylic acid groups (broad SMARTS) is 3. The van der Waals surface area contributed by atoms with E-state index in [0.29, 0.717) is 193 Å². The molecule has 2 aliphatic carbocycles. The normalized spacial score (nSPS) is 18.5. The van der Waals surface area contributed by atoms with Crippen molar-refractivity contribution in [2.75, 3.05) is 63.9 Å². The Morgan fingerprint density at radius 3 is 0.946 bits per heavy atom. The highest BCUT2D eigenvalue weighted by Crippen LogP contribution is 2.49. The number of fused-ring (bicyclic) bond motifs is 4. The Kier molecular flexibility index (Phi) is 24.8. The molecule has 0 radical (unpaired) electrons. The fourth-order valence-corrected chi connectivity index (χ4v) is 18.6. The SMILES string of the molecule is CC1(F)CCN(C(=O)c2cnc3c(ccn3-c3ccc(C(=O)NC4(C(=O)O)CC4)cc3)c2)CC1.CC1(F)CCN(C(=O)c2cnc3c(ccn3-c3ccc(C(=O)NC4CCS(=O)(=O)CC4)cc3)c2)CC1.CC1(F)CCN(C(=O)c2cnc3c(ccn3-c3ccc(C4(C(=O)O)CC4)cc3)c2)CC1.CC1(F)CCN(C(=O)c2cnc3c(ccn3-c3ccc(CC(=O)O)cc3)c2)CC1. The summed E-state index contributed by atoms with van der Waals surface area (Å²) < 4.78 is 86.9. The van der Waals surface area contributed by atoms with Crippen molar-refractivity contribution in [1.29, 1.82) is 0 Å². The van der Waals surface area contributed by atoms with Crippen molar-refractivity contribution in [3.8, 4) is 22.7 Å². The van der Waals surface area contributed by atoms with Gasteiger partial charge in [-0.2, -0.15) is 0 Å². The maximum absolute atomic E-state index is 14.1. The van der Waals surface area contributed by atoms with Gasteiger partial charge in [-0.05, 0) is 250 Å². The second-order valence-electron chi connectivity index (χ2n) is 36.1. The molecule has 5 saturated heterocycles. The molecule has 5 aliphatic heterocycles. The fourth-order valence-electron chi connectivity index (χ4n) is 17.1. The zero-order valence-electron chi connectivity index (χ0n) is 72.3. The minimum absolute atomic E-state index is 0.0194. The zero-order valence-corrected chi connectivity index (χ0v) is 73.2. The average molecular weight is 1790 g/mol. The molecule has 130 heavy (non-hydrogen) atoms. The van der Waals surface area contributed by atoms with Crippen LogP contribution in [0.5, 0.6) is 0 Å². The molecule has 676 valence electrons. The number of hydrogen-bond donors (Lipinski definition) is 5. The highest BCUT2D eigenvalue weighted by Gasteiger charge is 2.53. The fraction of sp³-hybridized carbons (Fsp3) is 0.371. The molecule has 0 bridgehead atoms. The summed E-state index contributed by atoms with van der Waals surface area (Å²) >= 11 is 0. The van der Waals surface area contributed by atoms with Crippen molar-refractivity contribution < 1.29 is 84.4 Å². The van der Waals surface area contributed by atoms with Gasteiger partial charge in [-0.25, -0.2) is 50.7 Å². The number of benzene rings is 4. The number of hydrogen-bond acceptors (Lipinski definition) is 15. The third kappa shape index (κ3) is 20.0. The standard InChI is InChI=1S/C26H29FN4O4S.C25H25FN4O4.C24H24FN3O3.C22H22FN3O3/c1-26(27)9-12-30(13-10-26)25(33)20-16-19-6-11-31(23(19)28-17-20)22-4-2-18(3-5-22)24(32)29-21-7-14-36(34,35)15-8-21;1-24(26)9-12-29(13-10-24)22(32)18-14-17-6-11-30(20(17)27-15-18)19-4-2-16(3-5-19)21(31)28-25(7-8-25)23(33)34;1-23(25)9-12-27(13-10-23)21(29)17-14-16-6-11-28(20(16)26-15-17)19-4-2-18(3-5-19)24(7-8-24)22(30)31;1-22(23)7-10-25(11-8-22)21(29)17-13-16-6-9-26(20(16)24-14-17)18-4-2-15(3-5-18)12-19(27)28/h2-6,11,16-17,21H,7-10,12-15H2,1H3,(H,29,32);2-6,11,14-15H,7-10,12-13H2,1H3,(H,28,31)(H,33,34);2-6,11,14-15H,7-10,12-13H2,1H3,(H,30,31);2-6,9,13-14H,7-8,10-12H2,1H3,(H,27,28). The lowest BCUT2D eigenvalue weighted by atomic mass is 9.95. The Morgan fingerprint density at radius 2 is 0.669 bits per heavy atom. The predicted octanol–water partition coefficient (Wildman–Crippen LogP) is 14.4. The summed E-state index contributed by atoms with van der Waals surface area (Å²) in [7, 11) is -2.98. The van der Waals surface area contributed by atoms with Gasteiger partial charge >= 0.3 is 17.9 Å². The number of alkyl halides is 4. The molecule has 8 aromatic heterocycles. The smallest absolute Gasteiger partial charge is 0.329 e. The molecule has 28 nitrogen and oxygen atoms in total. The Labute approximate surface area is 746 Å². The molecule has 33 heteroatoms. The maximum atomic E-state index is 14.1. The third-order valence-corrected chi connectivity index (χ3v) is 27.8. The van der Waals surface area contributed by atoms with E-state index in [1.54, 1.807) is 127 Å². The Bertz CT molecular complexity index is 6460. The highest BCUT2D eigenvalue weighted by atomic mass is 32.2. The first-order valence-electron chi connectivity index (χ1n) is 43.6. The number of aliphatic carboxylic acids is 3. The summed E-state index contributed by atoms with van der Waals surface area (Å²) in [5.74, 6) is -3.62. The van der Waals surface area contributed by atoms with Gasteiger partial charge in [0.15, 0.2) is 0 Å². The summed E-state index contributed by atoms with van der Waals surface area (Å²) in [6.07, 6.45) is 19.5. The number of carboxylic acids is 3. The van der Waals surface area contributed by atoms with Crippen LogP contribution in [0.25, 0.3) is 66.9 Å². The molecular formula is C97H100F4N14O14S. The van der Waals surface area contributed by atoms with E-state index in [4.69, 9.17) is 5.11 Å². The molecule has 4 aromatic carbocycles. The number of carbonyl (C=O) groups excluding carboxylic acids is 6. The van der Waals surface area contributed by atoms with Crippen molar-refractivity contribution in [3.05, 3.63) is 240 Å². The molecule has 5 N–H and O–H groups in total. The highest BCUT2D eigenvalue weighted by molar-refractivity contribution is 7.91. The van der Waals surface area contributed by atoms with Crippen molar-refractivity contribution >= 4 is 107 Å². The number of nitrogens with zero attached hydrogens (tertiary/aromatic N) is 12. The van der Waals surface area contributed by atoms with Crippen LogP contribution in [0.15, 0.2) is 195 Å². The van der Waals surface area contributed by atoms with Crippen LogP contribution in [-0.2, 0) is 36.1 Å². The topological polar surface area (TPSA) is 357 Å². The number of nitrogens with one attached hydrogen (secondary N) is 2. The van der Waals surface area contributed by atoms with Gasteiger partial charge in [-0.15, -0.1) is 0 Å². The first-order valence-corrected chi connectivity index (χ1v) is 45.5. The molecule has 0 unspecified atom stereocenters. The largest absolute Gasteiger partial charge is 0.481 e. The molecular weight excluding hydrogens is 1690 g/mol. The van der Waals surface area contributed by atoms with Crippen molar-refractivity contribution in [3.63, 3.8) is 0 Å². The molecule has 7 aliphatic rings. The van der Waals surface area contributed by atoms with Gasteiger partial charge in [0, 0.05) is 163 Å². The van der Waals surface area contributed by atoms with Crippen molar-refractivity contribution in [2.24, 2.45) is 0 Å².